The molecule has 0 atom stereocenters. The number of hydrogen-bond donors (Lipinski definition) is 1. The second kappa shape index (κ2) is 8.49. The number of nitrogens with one attached hydrogen (secondary N) is 1. The molecule has 1 amide bonds. The second-order valence-corrected chi connectivity index (χ2v) is 10.4. The highest BCUT2D eigenvalue weighted by molar-refractivity contribution is 7.07. The molecule has 0 aliphatic carbocycles. The lowest BCUT2D eigenvalue weighted by Crippen LogP contribution is -2.45. The predicted octanol–water partition coefficient (Wildman–Crippen LogP) is 2.36. The van der Waals surface area contributed by atoms with Gasteiger partial charge in [0.15, 0.2) is 5.78 Å². The number of thiazole rings is 1. The summed E-state index contributed by atoms with van der Waals surface area (Å²) in [6.45, 7) is 13.0. The predicted molar refractivity (Wildman–Crippen MR) is 119 cm³/mol. The number of nitrogens with zero attached hydrogens (tertiary/aromatic N) is 1. The van der Waals surface area contributed by atoms with Gasteiger partial charge in [-0.3, -0.25) is 19.0 Å². The maximum Gasteiger partial charge on any atom is 0.269 e. The smallest absolute Gasteiger partial charge is 0.269 e. The number of aryl methyl sites for hydroxylation is 1. The summed E-state index contributed by atoms with van der Waals surface area (Å²) in [5, 5.41) is 2.87. The minimum Gasteiger partial charge on any atom is -0.350 e. The van der Waals surface area contributed by atoms with Gasteiger partial charge in [0.1, 0.15) is 11.2 Å². The number of rotatable bonds is 4. The molecule has 2 rings (SSSR count). The summed E-state index contributed by atoms with van der Waals surface area (Å²) in [5.74, 6) is -0.358. The fraction of sp³-hybridized carbons (Fsp3) is 0.435. The average molecular weight is 415 g/mol. The van der Waals surface area contributed by atoms with E-state index in [2.05, 4.69) is 5.32 Å². The van der Waals surface area contributed by atoms with Crippen molar-refractivity contribution in [2.45, 2.75) is 60.5 Å². The lowest BCUT2D eigenvalue weighted by Gasteiger charge is -2.20. The minimum absolute atomic E-state index is 0.0918. The first-order valence-electron chi connectivity index (χ1n) is 9.61. The standard InChI is InChI=1S/C23H30N2O3S/c1-15-9-8-10-16(11-15)12-17-21(28)25(14-19(27)24-23(5,6)7)20(29-17)13-18(26)22(2,3)4/h8-13H,14H2,1-7H3,(H,24,27)/b17-12-,20-13-. The van der Waals surface area contributed by atoms with Crippen LogP contribution in [0.15, 0.2) is 29.1 Å². The van der Waals surface area contributed by atoms with Gasteiger partial charge in [0.25, 0.3) is 5.56 Å². The number of benzene rings is 1. The van der Waals surface area contributed by atoms with Gasteiger partial charge in [-0.1, -0.05) is 50.6 Å². The normalized spacial score (nSPS) is 13.6. The Morgan fingerprint density at radius 1 is 1.14 bits per heavy atom. The number of Topliss-reactive ketones (excluding diaryl/α,β-unsaturated/α-hetero) is 1. The van der Waals surface area contributed by atoms with Gasteiger partial charge in [-0.25, -0.2) is 0 Å². The van der Waals surface area contributed by atoms with Crippen LogP contribution in [0.5, 0.6) is 0 Å². The molecule has 1 aromatic carbocycles. The molecule has 1 heterocycles. The van der Waals surface area contributed by atoms with E-state index in [9.17, 15) is 14.4 Å². The maximum absolute atomic E-state index is 13.0. The molecule has 5 nitrogen and oxygen atoms in total. The molecule has 0 radical (unpaired) electrons. The van der Waals surface area contributed by atoms with E-state index in [1.165, 1.54) is 22.0 Å². The Hall–Kier alpha value is -2.47. The van der Waals surface area contributed by atoms with Gasteiger partial charge in [0.05, 0.1) is 4.53 Å². The van der Waals surface area contributed by atoms with E-state index in [0.29, 0.717) is 9.20 Å². The lowest BCUT2D eigenvalue weighted by atomic mass is 9.91. The van der Waals surface area contributed by atoms with E-state index in [-0.39, 0.29) is 23.8 Å². The van der Waals surface area contributed by atoms with Crippen molar-refractivity contribution in [3.63, 3.8) is 0 Å². The van der Waals surface area contributed by atoms with Crippen molar-refractivity contribution in [1.82, 2.24) is 9.88 Å². The van der Waals surface area contributed by atoms with Crippen LogP contribution in [0.4, 0.5) is 0 Å². The van der Waals surface area contributed by atoms with Gasteiger partial charge in [-0.05, 0) is 39.3 Å². The summed E-state index contributed by atoms with van der Waals surface area (Å²) in [5.41, 5.74) is 0.754. The average Bonchev–Trinajstić information content (AvgIpc) is 2.81. The van der Waals surface area contributed by atoms with Crippen LogP contribution >= 0.6 is 11.3 Å². The molecule has 0 aliphatic rings. The molecular formula is C23H30N2O3S. The molecule has 6 heteroatoms. The summed E-state index contributed by atoms with van der Waals surface area (Å²) in [6.07, 6.45) is 3.28. The topological polar surface area (TPSA) is 68.2 Å². The van der Waals surface area contributed by atoms with Crippen molar-refractivity contribution in [3.8, 4) is 0 Å². The van der Waals surface area contributed by atoms with Gasteiger partial charge in [-0.15, -0.1) is 11.3 Å². The number of carbonyl (C=O) groups is 2. The fourth-order valence-corrected chi connectivity index (χ4v) is 3.68. The molecule has 1 N–H and O–H groups in total. The van der Waals surface area contributed by atoms with E-state index < -0.39 is 11.0 Å². The lowest BCUT2D eigenvalue weighted by molar-refractivity contribution is -0.123. The van der Waals surface area contributed by atoms with Gasteiger partial charge < -0.3 is 5.32 Å². The van der Waals surface area contributed by atoms with E-state index in [1.54, 1.807) is 6.08 Å². The van der Waals surface area contributed by atoms with E-state index in [1.807, 2.05) is 72.7 Å². The Balaban J connectivity index is 2.62. The largest absolute Gasteiger partial charge is 0.350 e. The van der Waals surface area contributed by atoms with Crippen LogP contribution in [-0.4, -0.2) is 21.8 Å². The Bertz CT molecular complexity index is 1090. The van der Waals surface area contributed by atoms with Crippen molar-refractivity contribution >= 4 is 35.2 Å². The first-order chi connectivity index (χ1) is 13.3. The van der Waals surface area contributed by atoms with Crippen LogP contribution in [0.1, 0.15) is 52.7 Å². The number of hydrogen-bond acceptors (Lipinski definition) is 4. The summed E-state index contributed by atoms with van der Waals surface area (Å²) in [7, 11) is 0. The molecule has 0 bridgehead atoms. The molecule has 0 saturated heterocycles. The number of aromatic nitrogens is 1. The fourth-order valence-electron chi connectivity index (χ4n) is 2.63. The second-order valence-electron chi connectivity index (χ2n) is 9.31. The summed E-state index contributed by atoms with van der Waals surface area (Å²) in [6, 6.07) is 7.83. The van der Waals surface area contributed by atoms with Crippen LogP contribution in [0.3, 0.4) is 0 Å². The van der Waals surface area contributed by atoms with Gasteiger partial charge in [0.2, 0.25) is 5.91 Å². The van der Waals surface area contributed by atoms with E-state index >= 15 is 0 Å². The third-order valence-electron chi connectivity index (χ3n) is 4.09. The van der Waals surface area contributed by atoms with Crippen molar-refractivity contribution < 1.29 is 9.59 Å². The highest BCUT2D eigenvalue weighted by Gasteiger charge is 2.20. The molecule has 0 aliphatic heterocycles. The molecule has 0 spiro atoms. The van der Waals surface area contributed by atoms with Gasteiger partial charge in [-0.2, -0.15) is 0 Å². The van der Waals surface area contributed by atoms with Gasteiger partial charge >= 0.3 is 0 Å². The van der Waals surface area contributed by atoms with Crippen LogP contribution in [0.25, 0.3) is 12.2 Å². The monoisotopic (exact) mass is 414 g/mol. The Morgan fingerprint density at radius 3 is 2.34 bits per heavy atom. The van der Waals surface area contributed by atoms with E-state index in [0.717, 1.165) is 11.1 Å². The zero-order chi connectivity index (χ0) is 22.0. The number of amides is 1. The Morgan fingerprint density at radius 2 is 1.79 bits per heavy atom. The van der Waals surface area contributed by atoms with Crippen LogP contribution < -0.4 is 20.1 Å². The molecule has 29 heavy (non-hydrogen) atoms. The highest BCUT2D eigenvalue weighted by atomic mass is 32.1. The van der Waals surface area contributed by atoms with Crippen molar-refractivity contribution in [3.05, 3.63) is 54.9 Å². The zero-order valence-corrected chi connectivity index (χ0v) is 19.1. The van der Waals surface area contributed by atoms with Crippen LogP contribution in [0, 0.1) is 12.3 Å². The molecule has 1 aromatic heterocycles. The first-order valence-corrected chi connectivity index (χ1v) is 10.4. The van der Waals surface area contributed by atoms with Crippen molar-refractivity contribution in [2.24, 2.45) is 5.41 Å². The molecule has 156 valence electrons. The number of ketones is 1. The number of carbonyl (C=O) groups excluding carboxylic acids is 2. The van der Waals surface area contributed by atoms with Crippen molar-refractivity contribution in [2.75, 3.05) is 0 Å². The third kappa shape index (κ3) is 6.53. The van der Waals surface area contributed by atoms with Crippen LogP contribution in [0.2, 0.25) is 0 Å². The van der Waals surface area contributed by atoms with Crippen LogP contribution in [-0.2, 0) is 16.1 Å². The maximum atomic E-state index is 13.0. The minimum atomic E-state index is -0.570. The molecule has 0 unspecified atom stereocenters. The Labute approximate surface area is 175 Å². The summed E-state index contributed by atoms with van der Waals surface area (Å²) in [4.78, 5) is 38.0. The van der Waals surface area contributed by atoms with Gasteiger partial charge in [0, 0.05) is 17.0 Å². The quantitative estimate of drug-likeness (QED) is 0.835. The highest BCUT2D eigenvalue weighted by Crippen LogP contribution is 2.14. The van der Waals surface area contributed by atoms with Crippen molar-refractivity contribution in [1.29, 1.82) is 0 Å². The summed E-state index contributed by atoms with van der Waals surface area (Å²) >= 11 is 1.23. The molecule has 0 fully saturated rings. The third-order valence-corrected chi connectivity index (χ3v) is 5.15. The summed E-state index contributed by atoms with van der Waals surface area (Å²) < 4.78 is 2.36. The molecule has 0 saturated carbocycles. The molecular weight excluding hydrogens is 384 g/mol. The van der Waals surface area contributed by atoms with E-state index in [4.69, 9.17) is 0 Å². The first kappa shape index (κ1) is 22.8. The zero-order valence-electron chi connectivity index (χ0n) is 18.3. The molecule has 2 aromatic rings. The Kier molecular flexibility index (Phi) is 6.68. The SMILES string of the molecule is Cc1cccc(/C=c2\s/c(=C\C(=O)C(C)(C)C)n(CC(=O)NC(C)(C)C)c2=O)c1.